The van der Waals surface area contributed by atoms with Crippen molar-refractivity contribution in [1.29, 1.82) is 0 Å². The van der Waals surface area contributed by atoms with Gasteiger partial charge in [0, 0.05) is 10.0 Å². The van der Waals surface area contributed by atoms with E-state index in [-0.39, 0.29) is 24.4 Å². The van der Waals surface area contributed by atoms with Gasteiger partial charge in [0.25, 0.3) is 5.91 Å². The molecule has 2 amide bonds. The van der Waals surface area contributed by atoms with Gasteiger partial charge in [-0.3, -0.25) is 9.59 Å². The number of nitrogens with zero attached hydrogens (tertiary/aromatic N) is 1. The van der Waals surface area contributed by atoms with Crippen molar-refractivity contribution < 1.29 is 19.1 Å². The highest BCUT2D eigenvalue weighted by Gasteiger charge is 2.54. The lowest BCUT2D eigenvalue weighted by molar-refractivity contribution is -0.139. The minimum atomic E-state index is -1.34. The number of carbonyl (C=O) groups excluding carboxylic acids is 3. The maximum atomic E-state index is 12.8. The molecule has 2 aliphatic rings. The van der Waals surface area contributed by atoms with Gasteiger partial charge in [-0.05, 0) is 31.2 Å². The lowest BCUT2D eigenvalue weighted by Gasteiger charge is -2.20. The molecule has 2 N–H and O–H groups in total. The van der Waals surface area contributed by atoms with Gasteiger partial charge in [-0.2, -0.15) is 0 Å². The van der Waals surface area contributed by atoms with Crippen molar-refractivity contribution >= 4 is 46.7 Å². The van der Waals surface area contributed by atoms with Crippen LogP contribution in [0.15, 0.2) is 30.0 Å². The van der Waals surface area contributed by atoms with Gasteiger partial charge in [0.05, 0.1) is 18.7 Å². The summed E-state index contributed by atoms with van der Waals surface area (Å²) < 4.78 is 4.88. The van der Waals surface area contributed by atoms with E-state index in [9.17, 15) is 14.4 Å². The van der Waals surface area contributed by atoms with Gasteiger partial charge in [-0.1, -0.05) is 23.2 Å². The van der Waals surface area contributed by atoms with Crippen LogP contribution in [0.2, 0.25) is 10.0 Å². The fourth-order valence-corrected chi connectivity index (χ4v) is 3.18. The Labute approximate surface area is 147 Å². The topological polar surface area (TPSA) is 87.7 Å². The molecule has 0 bridgehead atoms. The number of carbonyl (C=O) groups is 3. The van der Waals surface area contributed by atoms with Crippen LogP contribution in [0.5, 0.6) is 0 Å². The van der Waals surface area contributed by atoms with Crippen molar-refractivity contribution in [3.8, 4) is 0 Å². The Kier molecular flexibility index (Phi) is 4.25. The SMILES string of the molecule is CCOC(=O)C1=C[C@]2(CC(=O)N(c3cc(Cl)cc(Cl)c3)C2=O)NN1. The second-order valence-corrected chi connectivity index (χ2v) is 6.21. The molecule has 24 heavy (non-hydrogen) atoms. The van der Waals surface area contributed by atoms with Crippen molar-refractivity contribution in [2.24, 2.45) is 0 Å². The summed E-state index contributed by atoms with van der Waals surface area (Å²) in [7, 11) is 0. The summed E-state index contributed by atoms with van der Waals surface area (Å²) in [4.78, 5) is 38.0. The second-order valence-electron chi connectivity index (χ2n) is 5.34. The Morgan fingerprint density at radius 3 is 2.58 bits per heavy atom. The summed E-state index contributed by atoms with van der Waals surface area (Å²) in [5.74, 6) is -1.57. The molecule has 1 saturated heterocycles. The maximum absolute atomic E-state index is 12.8. The molecule has 7 nitrogen and oxygen atoms in total. The van der Waals surface area contributed by atoms with Gasteiger partial charge in [0.1, 0.15) is 11.2 Å². The minimum Gasteiger partial charge on any atom is -0.461 e. The van der Waals surface area contributed by atoms with E-state index in [2.05, 4.69) is 10.9 Å². The first-order valence-corrected chi connectivity index (χ1v) is 7.88. The second kappa shape index (κ2) is 6.08. The Morgan fingerprint density at radius 1 is 1.29 bits per heavy atom. The number of imide groups is 1. The maximum Gasteiger partial charge on any atom is 0.355 e. The minimum absolute atomic E-state index is 0.0870. The van der Waals surface area contributed by atoms with Crippen LogP contribution >= 0.6 is 23.2 Å². The average Bonchev–Trinajstić information content (AvgIpc) is 3.01. The molecule has 126 valence electrons. The van der Waals surface area contributed by atoms with Crippen LogP contribution in [0.4, 0.5) is 5.69 Å². The number of amides is 2. The molecule has 0 saturated carbocycles. The standard InChI is InChI=1S/C15H13Cl2N3O4/c1-2-24-13(22)11-6-15(19-18-11)7-12(21)20(14(15)23)10-4-8(16)3-9(17)5-10/h3-6,18-19H,2,7H2,1H3/t15-/m1/s1. The smallest absolute Gasteiger partial charge is 0.355 e. The molecule has 0 aliphatic carbocycles. The highest BCUT2D eigenvalue weighted by Crippen LogP contribution is 2.35. The van der Waals surface area contributed by atoms with E-state index in [1.165, 1.54) is 24.3 Å². The van der Waals surface area contributed by atoms with Crippen molar-refractivity contribution in [3.63, 3.8) is 0 Å². The van der Waals surface area contributed by atoms with Gasteiger partial charge in [-0.15, -0.1) is 0 Å². The first kappa shape index (κ1) is 16.8. The Bertz CT molecular complexity index is 760. The van der Waals surface area contributed by atoms with E-state index in [1.54, 1.807) is 6.92 Å². The quantitative estimate of drug-likeness (QED) is 0.620. The van der Waals surface area contributed by atoms with Crippen LogP contribution in [0, 0.1) is 0 Å². The van der Waals surface area contributed by atoms with Crippen LogP contribution < -0.4 is 15.8 Å². The van der Waals surface area contributed by atoms with E-state index in [0.29, 0.717) is 10.0 Å². The van der Waals surface area contributed by atoms with E-state index in [1.807, 2.05) is 0 Å². The van der Waals surface area contributed by atoms with Gasteiger partial charge >= 0.3 is 5.97 Å². The van der Waals surface area contributed by atoms with Crippen LogP contribution in [0.25, 0.3) is 0 Å². The Hall–Kier alpha value is -2.09. The zero-order valence-electron chi connectivity index (χ0n) is 12.6. The number of halogens is 2. The van der Waals surface area contributed by atoms with E-state index >= 15 is 0 Å². The monoisotopic (exact) mass is 369 g/mol. The van der Waals surface area contributed by atoms with E-state index in [4.69, 9.17) is 27.9 Å². The summed E-state index contributed by atoms with van der Waals surface area (Å²) in [6.45, 7) is 1.87. The molecule has 0 unspecified atom stereocenters. The number of benzene rings is 1. The van der Waals surface area contributed by atoms with Crippen LogP contribution in [0.1, 0.15) is 13.3 Å². The van der Waals surface area contributed by atoms with Gasteiger partial charge < -0.3 is 10.2 Å². The normalized spacial score (nSPS) is 22.8. The molecule has 1 atom stereocenters. The predicted octanol–water partition coefficient (Wildman–Crippen LogP) is 1.55. The third kappa shape index (κ3) is 2.75. The van der Waals surface area contributed by atoms with Crippen molar-refractivity contribution in [2.45, 2.75) is 18.9 Å². The largest absolute Gasteiger partial charge is 0.461 e. The lowest BCUT2D eigenvalue weighted by atomic mass is 9.98. The van der Waals surface area contributed by atoms with E-state index in [0.717, 1.165) is 4.90 Å². The first-order chi connectivity index (χ1) is 11.4. The zero-order chi connectivity index (χ0) is 17.5. The zero-order valence-corrected chi connectivity index (χ0v) is 14.1. The number of esters is 1. The fraction of sp³-hybridized carbons (Fsp3) is 0.267. The molecule has 9 heteroatoms. The number of hydrogen-bond donors (Lipinski definition) is 2. The summed E-state index contributed by atoms with van der Waals surface area (Å²) in [5.41, 5.74) is 4.34. The molecular formula is C15H13Cl2N3O4. The molecule has 3 rings (SSSR count). The molecule has 2 aliphatic heterocycles. The number of rotatable bonds is 3. The summed E-state index contributed by atoms with van der Waals surface area (Å²) >= 11 is 11.9. The Morgan fingerprint density at radius 2 is 1.96 bits per heavy atom. The van der Waals surface area contributed by atoms with Crippen LogP contribution in [0.3, 0.4) is 0 Å². The van der Waals surface area contributed by atoms with Crippen LogP contribution in [-0.2, 0) is 19.1 Å². The van der Waals surface area contributed by atoms with Gasteiger partial charge in [-0.25, -0.2) is 15.1 Å². The van der Waals surface area contributed by atoms with E-state index < -0.39 is 23.3 Å². The number of hydrazine groups is 1. The van der Waals surface area contributed by atoms with Crippen molar-refractivity contribution in [2.75, 3.05) is 11.5 Å². The highest BCUT2D eigenvalue weighted by atomic mass is 35.5. The van der Waals surface area contributed by atoms with Gasteiger partial charge in [0.2, 0.25) is 5.91 Å². The summed E-state index contributed by atoms with van der Waals surface area (Å²) in [5, 5.41) is 0.610. The summed E-state index contributed by atoms with van der Waals surface area (Å²) in [6.07, 6.45) is 1.23. The van der Waals surface area contributed by atoms with Gasteiger partial charge in [0.15, 0.2) is 0 Å². The number of ether oxygens (including phenoxy) is 1. The van der Waals surface area contributed by atoms with Crippen LogP contribution in [-0.4, -0.2) is 29.9 Å². The number of nitrogens with one attached hydrogen (secondary N) is 2. The number of hydrogen-bond acceptors (Lipinski definition) is 6. The third-order valence-corrected chi connectivity index (χ3v) is 4.11. The number of anilines is 1. The average molecular weight is 370 g/mol. The molecule has 0 aromatic heterocycles. The Balaban J connectivity index is 1.94. The van der Waals surface area contributed by atoms with Crippen molar-refractivity contribution in [1.82, 2.24) is 10.9 Å². The predicted molar refractivity (Wildman–Crippen MR) is 87.3 cm³/mol. The molecule has 1 spiro atoms. The molecule has 0 radical (unpaired) electrons. The molecular weight excluding hydrogens is 357 g/mol. The first-order valence-electron chi connectivity index (χ1n) is 7.13. The van der Waals surface area contributed by atoms with Crippen molar-refractivity contribution in [3.05, 3.63) is 40.0 Å². The molecule has 1 aromatic carbocycles. The lowest BCUT2D eigenvalue weighted by Crippen LogP contribution is -2.51. The fourth-order valence-electron chi connectivity index (χ4n) is 2.66. The summed E-state index contributed by atoms with van der Waals surface area (Å²) in [6, 6.07) is 4.45. The molecule has 1 aromatic rings. The highest BCUT2D eigenvalue weighted by molar-refractivity contribution is 6.36. The molecule has 2 heterocycles. The molecule has 1 fully saturated rings. The third-order valence-electron chi connectivity index (χ3n) is 3.68.